The molecule has 1 fully saturated rings. The third-order valence-electron chi connectivity index (χ3n) is 4.55. The number of hydrogen-bond acceptors (Lipinski definition) is 5. The van der Waals surface area contributed by atoms with Gasteiger partial charge in [0, 0.05) is 19.4 Å². The molecule has 1 aliphatic rings. The molecule has 0 atom stereocenters. The Balaban J connectivity index is 1.58. The van der Waals surface area contributed by atoms with E-state index in [9.17, 15) is 4.79 Å². The van der Waals surface area contributed by atoms with Crippen LogP contribution in [0, 0.1) is 0 Å². The van der Waals surface area contributed by atoms with Crippen LogP contribution in [-0.2, 0) is 18.3 Å². The van der Waals surface area contributed by atoms with Gasteiger partial charge in [0.15, 0.2) is 5.82 Å². The molecular weight excluding hydrogens is 318 g/mol. The van der Waals surface area contributed by atoms with Crippen LogP contribution >= 0.6 is 0 Å². The number of carbonyl (C=O) groups excluding carboxylic acids is 1. The van der Waals surface area contributed by atoms with E-state index in [1.807, 2.05) is 31.3 Å². The zero-order chi connectivity index (χ0) is 17.6. The fraction of sp³-hybridized carbons (Fsp3) is 0.500. The summed E-state index contributed by atoms with van der Waals surface area (Å²) in [5.74, 6) is 2.44. The first-order valence-electron chi connectivity index (χ1n) is 8.70. The summed E-state index contributed by atoms with van der Waals surface area (Å²) in [6.45, 7) is 1.98. The molecule has 0 bridgehead atoms. The molecule has 0 saturated carbocycles. The predicted octanol–water partition coefficient (Wildman–Crippen LogP) is 1.86. The summed E-state index contributed by atoms with van der Waals surface area (Å²) in [6, 6.07) is 7.75. The number of piperidine rings is 1. The SMILES string of the molecule is COc1ccccc1CCC(=O)Nc1nc(C2CCNCC2)nn1C. The summed E-state index contributed by atoms with van der Waals surface area (Å²) in [6.07, 6.45) is 3.06. The molecule has 0 radical (unpaired) electrons. The third kappa shape index (κ3) is 4.36. The lowest BCUT2D eigenvalue weighted by Crippen LogP contribution is -2.27. The smallest absolute Gasteiger partial charge is 0.227 e. The van der Waals surface area contributed by atoms with Crippen molar-refractivity contribution in [3.63, 3.8) is 0 Å². The third-order valence-corrected chi connectivity index (χ3v) is 4.55. The number of amides is 1. The largest absolute Gasteiger partial charge is 0.496 e. The Bertz CT molecular complexity index is 722. The van der Waals surface area contributed by atoms with E-state index in [0.29, 0.717) is 24.7 Å². The van der Waals surface area contributed by atoms with E-state index in [4.69, 9.17) is 4.74 Å². The number of rotatable bonds is 6. The number of aromatic nitrogens is 3. The second kappa shape index (κ2) is 8.11. The standard InChI is InChI=1S/C18H25N5O2/c1-23-18(21-17(22-23)14-9-11-19-12-10-14)20-16(24)8-7-13-5-3-4-6-15(13)25-2/h3-6,14,19H,7-12H2,1-2H3,(H,20,21,22,24). The second-order valence-corrected chi connectivity index (χ2v) is 6.30. The van der Waals surface area contributed by atoms with E-state index in [0.717, 1.165) is 43.1 Å². The first-order valence-corrected chi connectivity index (χ1v) is 8.70. The van der Waals surface area contributed by atoms with Crippen LogP contribution in [-0.4, -0.2) is 40.9 Å². The van der Waals surface area contributed by atoms with Gasteiger partial charge in [-0.15, -0.1) is 0 Å². The quantitative estimate of drug-likeness (QED) is 0.837. The van der Waals surface area contributed by atoms with Crippen LogP contribution in [0.5, 0.6) is 5.75 Å². The van der Waals surface area contributed by atoms with E-state index >= 15 is 0 Å². The Labute approximate surface area is 147 Å². The Morgan fingerprint density at radius 3 is 2.88 bits per heavy atom. The first kappa shape index (κ1) is 17.4. The van der Waals surface area contributed by atoms with Crippen LogP contribution in [0.2, 0.25) is 0 Å². The number of nitrogens with zero attached hydrogens (tertiary/aromatic N) is 3. The van der Waals surface area contributed by atoms with E-state index in [1.54, 1.807) is 11.8 Å². The first-order chi connectivity index (χ1) is 12.2. The minimum Gasteiger partial charge on any atom is -0.496 e. The Hall–Kier alpha value is -2.41. The molecule has 134 valence electrons. The highest BCUT2D eigenvalue weighted by atomic mass is 16.5. The van der Waals surface area contributed by atoms with Crippen LogP contribution in [0.3, 0.4) is 0 Å². The van der Waals surface area contributed by atoms with Gasteiger partial charge in [-0.1, -0.05) is 18.2 Å². The average Bonchev–Trinajstić information content (AvgIpc) is 3.01. The van der Waals surface area contributed by atoms with Gasteiger partial charge in [0.05, 0.1) is 7.11 Å². The molecule has 7 heteroatoms. The minimum atomic E-state index is -0.0710. The minimum absolute atomic E-state index is 0.0710. The second-order valence-electron chi connectivity index (χ2n) is 6.30. The summed E-state index contributed by atoms with van der Waals surface area (Å²) < 4.78 is 6.97. The molecule has 2 N–H and O–H groups in total. The number of ether oxygens (including phenoxy) is 1. The normalized spacial score (nSPS) is 15.1. The highest BCUT2D eigenvalue weighted by Gasteiger charge is 2.21. The molecule has 0 unspecified atom stereocenters. The van der Waals surface area contributed by atoms with Crippen LogP contribution in [0.25, 0.3) is 0 Å². The van der Waals surface area contributed by atoms with Crippen molar-refractivity contribution in [2.24, 2.45) is 7.05 Å². The van der Waals surface area contributed by atoms with Gasteiger partial charge >= 0.3 is 0 Å². The van der Waals surface area contributed by atoms with Crippen molar-refractivity contribution in [1.29, 1.82) is 0 Å². The fourth-order valence-electron chi connectivity index (χ4n) is 3.11. The summed E-state index contributed by atoms with van der Waals surface area (Å²) in [7, 11) is 3.45. The number of anilines is 1. The number of carbonyl (C=O) groups is 1. The van der Waals surface area contributed by atoms with E-state index in [2.05, 4.69) is 20.7 Å². The zero-order valence-corrected chi connectivity index (χ0v) is 14.8. The lowest BCUT2D eigenvalue weighted by molar-refractivity contribution is -0.116. The molecule has 3 rings (SSSR count). The highest BCUT2D eigenvalue weighted by molar-refractivity contribution is 5.89. The summed E-state index contributed by atoms with van der Waals surface area (Å²) in [4.78, 5) is 16.8. The number of aryl methyl sites for hydroxylation is 2. The van der Waals surface area contributed by atoms with Crippen molar-refractivity contribution in [3.05, 3.63) is 35.7 Å². The molecule has 25 heavy (non-hydrogen) atoms. The molecule has 0 aliphatic carbocycles. The van der Waals surface area contributed by atoms with Crippen LogP contribution in [0.15, 0.2) is 24.3 Å². The van der Waals surface area contributed by atoms with Gasteiger partial charge in [-0.05, 0) is 44.0 Å². The van der Waals surface area contributed by atoms with Crippen LogP contribution in [0.4, 0.5) is 5.95 Å². The molecule has 1 saturated heterocycles. The zero-order valence-electron chi connectivity index (χ0n) is 14.8. The van der Waals surface area contributed by atoms with E-state index in [-0.39, 0.29) is 5.91 Å². The van der Waals surface area contributed by atoms with Crippen molar-refractivity contribution < 1.29 is 9.53 Å². The molecule has 1 aromatic carbocycles. The van der Waals surface area contributed by atoms with Gasteiger partial charge < -0.3 is 10.1 Å². The lowest BCUT2D eigenvalue weighted by Gasteiger charge is -2.19. The lowest BCUT2D eigenvalue weighted by atomic mass is 9.98. The Morgan fingerprint density at radius 2 is 2.12 bits per heavy atom. The number of para-hydroxylation sites is 1. The summed E-state index contributed by atoms with van der Waals surface area (Å²) >= 11 is 0. The summed E-state index contributed by atoms with van der Waals surface area (Å²) in [5.41, 5.74) is 1.02. The van der Waals surface area contributed by atoms with Crippen molar-refractivity contribution in [2.75, 3.05) is 25.5 Å². The molecular formula is C18H25N5O2. The average molecular weight is 343 g/mol. The van der Waals surface area contributed by atoms with Gasteiger partial charge in [0.1, 0.15) is 5.75 Å². The number of nitrogens with one attached hydrogen (secondary N) is 2. The van der Waals surface area contributed by atoms with Crippen LogP contribution in [0.1, 0.15) is 36.6 Å². The van der Waals surface area contributed by atoms with Gasteiger partial charge in [-0.25, -0.2) is 4.68 Å². The van der Waals surface area contributed by atoms with E-state index < -0.39 is 0 Å². The molecule has 1 aliphatic heterocycles. The van der Waals surface area contributed by atoms with Crippen LogP contribution < -0.4 is 15.4 Å². The van der Waals surface area contributed by atoms with E-state index in [1.165, 1.54) is 0 Å². The van der Waals surface area contributed by atoms with Gasteiger partial charge in [0.25, 0.3) is 0 Å². The molecule has 7 nitrogen and oxygen atoms in total. The Morgan fingerprint density at radius 1 is 1.36 bits per heavy atom. The maximum atomic E-state index is 12.3. The summed E-state index contributed by atoms with van der Waals surface area (Å²) in [5, 5.41) is 10.7. The van der Waals surface area contributed by atoms with Crippen molar-refractivity contribution >= 4 is 11.9 Å². The fourth-order valence-corrected chi connectivity index (χ4v) is 3.11. The van der Waals surface area contributed by atoms with Gasteiger partial charge in [0.2, 0.25) is 11.9 Å². The van der Waals surface area contributed by atoms with Crippen molar-refractivity contribution in [2.45, 2.75) is 31.6 Å². The van der Waals surface area contributed by atoms with Crippen molar-refractivity contribution in [3.8, 4) is 5.75 Å². The van der Waals surface area contributed by atoms with Gasteiger partial charge in [-0.2, -0.15) is 10.1 Å². The molecule has 0 spiro atoms. The number of benzene rings is 1. The molecule has 1 aromatic heterocycles. The predicted molar refractivity (Wildman–Crippen MR) is 95.8 cm³/mol. The van der Waals surface area contributed by atoms with Crippen molar-refractivity contribution in [1.82, 2.24) is 20.1 Å². The molecule has 2 aromatic rings. The topological polar surface area (TPSA) is 81.1 Å². The maximum Gasteiger partial charge on any atom is 0.227 e. The molecule has 2 heterocycles. The number of methoxy groups -OCH3 is 1. The highest BCUT2D eigenvalue weighted by Crippen LogP contribution is 2.23. The van der Waals surface area contributed by atoms with Gasteiger partial charge in [-0.3, -0.25) is 10.1 Å². The molecule has 1 amide bonds. The number of hydrogen-bond donors (Lipinski definition) is 2. The maximum absolute atomic E-state index is 12.3. The monoisotopic (exact) mass is 343 g/mol. The Kier molecular flexibility index (Phi) is 5.65.